The van der Waals surface area contributed by atoms with Gasteiger partial charge in [-0.25, -0.2) is 4.99 Å². The van der Waals surface area contributed by atoms with Gasteiger partial charge in [0.1, 0.15) is 0 Å². The Hall–Kier alpha value is -1.12. The molecule has 4 nitrogen and oxygen atoms in total. The van der Waals surface area contributed by atoms with Crippen molar-refractivity contribution in [3.05, 3.63) is 57.8 Å². The van der Waals surface area contributed by atoms with Gasteiger partial charge in [0.25, 0.3) is 0 Å². The minimum Gasteiger partial charge on any atom is -0.392 e. The number of hydrogen-bond donors (Lipinski definition) is 3. The largest absolute Gasteiger partial charge is 0.392 e. The Labute approximate surface area is 152 Å². The zero-order valence-electron chi connectivity index (χ0n) is 12.6. The smallest absolute Gasteiger partial charge is 0.191 e. The van der Waals surface area contributed by atoms with E-state index in [1.54, 1.807) is 11.3 Å². The van der Waals surface area contributed by atoms with Crippen LogP contribution in [0.3, 0.4) is 0 Å². The summed E-state index contributed by atoms with van der Waals surface area (Å²) in [5, 5.41) is 18.0. The average Bonchev–Trinajstić information content (AvgIpc) is 3.03. The number of nitrogens with zero attached hydrogens (tertiary/aromatic N) is 1. The Bertz CT molecular complexity index is 573. The van der Waals surface area contributed by atoms with E-state index in [0.717, 1.165) is 30.2 Å². The Kier molecular flexibility index (Phi) is 9.10. The molecule has 0 saturated carbocycles. The van der Waals surface area contributed by atoms with Crippen molar-refractivity contribution in [2.75, 3.05) is 6.54 Å². The highest BCUT2D eigenvalue weighted by molar-refractivity contribution is 14.0. The summed E-state index contributed by atoms with van der Waals surface area (Å²) >= 11 is 1.73. The van der Waals surface area contributed by atoms with Crippen LogP contribution in [0.5, 0.6) is 0 Å². The Morgan fingerprint density at radius 2 is 1.91 bits per heavy atom. The molecule has 0 aliphatic carbocycles. The predicted octanol–water partition coefficient (Wildman–Crippen LogP) is 3.11. The second-order valence-corrected chi connectivity index (χ2v) is 5.59. The molecule has 0 radical (unpaired) electrons. The van der Waals surface area contributed by atoms with Crippen molar-refractivity contribution in [3.8, 4) is 0 Å². The zero-order valence-corrected chi connectivity index (χ0v) is 15.7. The molecule has 2 aromatic rings. The van der Waals surface area contributed by atoms with Gasteiger partial charge in [-0.2, -0.15) is 0 Å². The maximum absolute atomic E-state index is 9.34. The van der Waals surface area contributed by atoms with Gasteiger partial charge in [0, 0.05) is 11.4 Å². The van der Waals surface area contributed by atoms with Crippen LogP contribution in [0.25, 0.3) is 0 Å². The maximum atomic E-state index is 9.34. The first-order valence-corrected chi connectivity index (χ1v) is 7.93. The van der Waals surface area contributed by atoms with E-state index in [-0.39, 0.29) is 30.6 Å². The van der Waals surface area contributed by atoms with Crippen molar-refractivity contribution in [2.24, 2.45) is 4.99 Å². The van der Waals surface area contributed by atoms with Gasteiger partial charge in [-0.1, -0.05) is 30.3 Å². The van der Waals surface area contributed by atoms with Gasteiger partial charge in [-0.3, -0.25) is 0 Å². The molecule has 0 aliphatic heterocycles. The van der Waals surface area contributed by atoms with Crippen molar-refractivity contribution in [2.45, 2.75) is 26.6 Å². The number of rotatable bonds is 6. The molecule has 2 rings (SSSR count). The van der Waals surface area contributed by atoms with Crippen LogP contribution < -0.4 is 10.6 Å². The van der Waals surface area contributed by atoms with Gasteiger partial charge in [-0.15, -0.1) is 35.3 Å². The van der Waals surface area contributed by atoms with Crippen LogP contribution in [0.2, 0.25) is 0 Å². The van der Waals surface area contributed by atoms with Crippen molar-refractivity contribution >= 4 is 41.3 Å². The highest BCUT2D eigenvalue weighted by atomic mass is 127. The number of guanidine groups is 1. The third-order valence-corrected chi connectivity index (χ3v) is 3.93. The highest BCUT2D eigenvalue weighted by Gasteiger charge is 2.02. The lowest BCUT2D eigenvalue weighted by atomic mass is 10.1. The minimum atomic E-state index is 0. The summed E-state index contributed by atoms with van der Waals surface area (Å²) in [4.78, 5) is 5.85. The van der Waals surface area contributed by atoms with E-state index in [1.807, 2.05) is 37.3 Å². The molecule has 0 bridgehead atoms. The first kappa shape index (κ1) is 18.9. The number of aliphatic imine (C=N–C) groups is 1. The lowest BCUT2D eigenvalue weighted by Gasteiger charge is -2.11. The molecular formula is C16H22IN3OS. The van der Waals surface area contributed by atoms with Gasteiger partial charge in [0.05, 0.1) is 19.7 Å². The second-order valence-electron chi connectivity index (χ2n) is 4.55. The van der Waals surface area contributed by atoms with Gasteiger partial charge in [-0.05, 0) is 29.5 Å². The molecule has 0 aliphatic rings. The van der Waals surface area contributed by atoms with Crippen LogP contribution in [-0.2, 0) is 19.7 Å². The van der Waals surface area contributed by atoms with E-state index in [4.69, 9.17) is 0 Å². The van der Waals surface area contributed by atoms with Crippen molar-refractivity contribution in [1.29, 1.82) is 0 Å². The van der Waals surface area contributed by atoms with E-state index in [9.17, 15) is 5.11 Å². The molecule has 0 saturated heterocycles. The number of hydrogen-bond acceptors (Lipinski definition) is 3. The third-order valence-electron chi connectivity index (χ3n) is 3.05. The monoisotopic (exact) mass is 431 g/mol. The van der Waals surface area contributed by atoms with Crippen LogP contribution in [0, 0.1) is 0 Å². The van der Waals surface area contributed by atoms with Crippen LogP contribution >= 0.6 is 35.3 Å². The fourth-order valence-corrected chi connectivity index (χ4v) is 2.60. The van der Waals surface area contributed by atoms with Gasteiger partial charge in [0.2, 0.25) is 0 Å². The SMILES string of the molecule is CCNC(=NCc1ccccc1CO)NCc1cccs1.I. The molecule has 0 unspecified atom stereocenters. The number of nitrogens with one attached hydrogen (secondary N) is 2. The molecule has 0 fully saturated rings. The number of thiophene rings is 1. The summed E-state index contributed by atoms with van der Waals surface area (Å²) in [5.41, 5.74) is 1.98. The topological polar surface area (TPSA) is 56.7 Å². The summed E-state index contributed by atoms with van der Waals surface area (Å²) in [6, 6.07) is 12.0. The number of halogens is 1. The van der Waals surface area contributed by atoms with E-state index < -0.39 is 0 Å². The Balaban J connectivity index is 0.00000242. The van der Waals surface area contributed by atoms with Crippen LogP contribution in [0.1, 0.15) is 22.9 Å². The summed E-state index contributed by atoms with van der Waals surface area (Å²) in [7, 11) is 0. The van der Waals surface area contributed by atoms with Crippen LogP contribution in [0.4, 0.5) is 0 Å². The van der Waals surface area contributed by atoms with Crippen molar-refractivity contribution in [1.82, 2.24) is 10.6 Å². The highest BCUT2D eigenvalue weighted by Crippen LogP contribution is 2.10. The molecule has 6 heteroatoms. The first-order valence-electron chi connectivity index (χ1n) is 7.05. The first-order chi connectivity index (χ1) is 10.3. The minimum absolute atomic E-state index is 0. The van der Waals surface area contributed by atoms with Crippen molar-refractivity contribution < 1.29 is 5.11 Å². The van der Waals surface area contributed by atoms with Gasteiger partial charge in [0.15, 0.2) is 5.96 Å². The second kappa shape index (κ2) is 10.6. The van der Waals surface area contributed by atoms with E-state index >= 15 is 0 Å². The fourth-order valence-electron chi connectivity index (χ4n) is 1.96. The molecule has 22 heavy (non-hydrogen) atoms. The molecule has 1 heterocycles. The lowest BCUT2D eigenvalue weighted by molar-refractivity contribution is 0.280. The molecule has 1 aromatic carbocycles. The summed E-state index contributed by atoms with van der Waals surface area (Å²) < 4.78 is 0. The summed E-state index contributed by atoms with van der Waals surface area (Å²) in [6.45, 7) is 4.23. The van der Waals surface area contributed by atoms with E-state index in [0.29, 0.717) is 6.54 Å². The average molecular weight is 431 g/mol. The van der Waals surface area contributed by atoms with E-state index in [2.05, 4.69) is 27.1 Å². The number of aliphatic hydroxyl groups is 1. The molecular weight excluding hydrogens is 409 g/mol. The Morgan fingerprint density at radius 1 is 1.14 bits per heavy atom. The summed E-state index contributed by atoms with van der Waals surface area (Å²) in [5.74, 6) is 0.790. The molecule has 0 amide bonds. The predicted molar refractivity (Wildman–Crippen MR) is 104 cm³/mol. The molecule has 0 spiro atoms. The van der Waals surface area contributed by atoms with Gasteiger partial charge >= 0.3 is 0 Å². The Morgan fingerprint density at radius 3 is 2.55 bits per heavy atom. The molecule has 0 atom stereocenters. The van der Waals surface area contributed by atoms with Crippen LogP contribution in [-0.4, -0.2) is 17.6 Å². The van der Waals surface area contributed by atoms with E-state index in [1.165, 1.54) is 4.88 Å². The fraction of sp³-hybridized carbons (Fsp3) is 0.312. The number of benzene rings is 1. The lowest BCUT2D eigenvalue weighted by Crippen LogP contribution is -2.36. The van der Waals surface area contributed by atoms with Gasteiger partial charge < -0.3 is 15.7 Å². The summed E-state index contributed by atoms with van der Waals surface area (Å²) in [6.07, 6.45) is 0. The normalized spacial score (nSPS) is 10.9. The molecule has 3 N–H and O–H groups in total. The molecule has 1 aromatic heterocycles. The maximum Gasteiger partial charge on any atom is 0.191 e. The quantitative estimate of drug-likeness (QED) is 0.374. The zero-order chi connectivity index (χ0) is 14.9. The molecule has 120 valence electrons. The standard InChI is InChI=1S/C16H21N3OS.HI/c1-2-17-16(19-11-15-8-5-9-21-15)18-10-13-6-3-4-7-14(13)12-20;/h3-9,20H,2,10-12H2,1H3,(H2,17,18,19);1H. The number of aliphatic hydroxyl groups excluding tert-OH is 1. The van der Waals surface area contributed by atoms with Crippen LogP contribution in [0.15, 0.2) is 46.8 Å². The van der Waals surface area contributed by atoms with Crippen molar-refractivity contribution in [3.63, 3.8) is 0 Å². The third kappa shape index (κ3) is 5.94.